The summed E-state index contributed by atoms with van der Waals surface area (Å²) in [6.45, 7) is 5.19. The Hall–Kier alpha value is -1.36. The van der Waals surface area contributed by atoms with Crippen molar-refractivity contribution in [1.82, 2.24) is 20.2 Å². The molecule has 0 atom stereocenters. The van der Waals surface area contributed by atoms with Gasteiger partial charge in [-0.3, -0.25) is 4.79 Å². The van der Waals surface area contributed by atoms with Gasteiger partial charge in [0.2, 0.25) is 5.91 Å². The zero-order chi connectivity index (χ0) is 13.5. The van der Waals surface area contributed by atoms with Crippen molar-refractivity contribution in [1.29, 1.82) is 0 Å². The second-order valence-corrected chi connectivity index (χ2v) is 5.30. The van der Waals surface area contributed by atoms with Gasteiger partial charge in [-0.25, -0.2) is 4.98 Å². The van der Waals surface area contributed by atoms with Crippen LogP contribution in [0.15, 0.2) is 12.4 Å². The van der Waals surface area contributed by atoms with E-state index in [2.05, 4.69) is 20.2 Å². The van der Waals surface area contributed by atoms with E-state index < -0.39 is 0 Å². The summed E-state index contributed by atoms with van der Waals surface area (Å²) in [7, 11) is 0. The third-order valence-electron chi connectivity index (χ3n) is 3.49. The highest BCUT2D eigenvalue weighted by Gasteiger charge is 2.20. The number of aryl methyl sites for hydroxylation is 2. The van der Waals surface area contributed by atoms with Crippen LogP contribution in [0.2, 0.25) is 0 Å². The second kappa shape index (κ2) is 7.28. The van der Waals surface area contributed by atoms with Gasteiger partial charge in [-0.15, -0.1) is 0 Å². The zero-order valence-corrected chi connectivity index (χ0v) is 11.7. The minimum atomic E-state index is 0.111. The maximum Gasteiger partial charge on any atom is 0.233 e. The lowest BCUT2D eigenvalue weighted by atomic mass is 10.3. The molecule has 0 unspecified atom stereocenters. The molecule has 0 bridgehead atoms. The van der Waals surface area contributed by atoms with Gasteiger partial charge < -0.3 is 15.2 Å². The Labute approximate surface area is 114 Å². The molecule has 1 aliphatic rings. The molecule has 1 aromatic rings. The first-order valence-corrected chi connectivity index (χ1v) is 7.21. The molecule has 0 aliphatic heterocycles. The molecule has 106 valence electrons. The van der Waals surface area contributed by atoms with Gasteiger partial charge in [-0.2, -0.15) is 0 Å². The van der Waals surface area contributed by atoms with Crippen LogP contribution in [-0.4, -0.2) is 35.1 Å². The van der Waals surface area contributed by atoms with Crippen molar-refractivity contribution >= 4 is 5.91 Å². The Morgan fingerprint density at radius 3 is 3.00 bits per heavy atom. The Morgan fingerprint density at radius 2 is 2.32 bits per heavy atom. The van der Waals surface area contributed by atoms with Crippen LogP contribution >= 0.6 is 0 Å². The fourth-order valence-electron chi connectivity index (χ4n) is 2.05. The number of carbonyl (C=O) groups is 1. The van der Waals surface area contributed by atoms with Crippen molar-refractivity contribution < 1.29 is 4.79 Å². The lowest BCUT2D eigenvalue weighted by molar-refractivity contribution is -0.120. The molecule has 19 heavy (non-hydrogen) atoms. The number of rotatable bonds is 9. The maximum atomic E-state index is 11.5. The second-order valence-electron chi connectivity index (χ2n) is 5.30. The first-order valence-electron chi connectivity index (χ1n) is 7.21. The van der Waals surface area contributed by atoms with Crippen LogP contribution in [0, 0.1) is 12.8 Å². The predicted octanol–water partition coefficient (Wildman–Crippen LogP) is 1.09. The quantitative estimate of drug-likeness (QED) is 0.656. The van der Waals surface area contributed by atoms with Crippen molar-refractivity contribution in [2.24, 2.45) is 5.92 Å². The summed E-state index contributed by atoms with van der Waals surface area (Å²) in [6, 6.07) is 0. The van der Waals surface area contributed by atoms with Crippen LogP contribution in [0.3, 0.4) is 0 Å². The van der Waals surface area contributed by atoms with Crippen LogP contribution in [0.4, 0.5) is 0 Å². The zero-order valence-electron chi connectivity index (χ0n) is 11.7. The minimum absolute atomic E-state index is 0.111. The van der Waals surface area contributed by atoms with Crippen LogP contribution in [-0.2, 0) is 11.3 Å². The third-order valence-corrected chi connectivity index (χ3v) is 3.49. The smallest absolute Gasteiger partial charge is 0.233 e. The Kier molecular flexibility index (Phi) is 5.39. The van der Waals surface area contributed by atoms with E-state index in [-0.39, 0.29) is 5.91 Å². The highest BCUT2D eigenvalue weighted by atomic mass is 16.1. The fraction of sp³-hybridized carbons (Fsp3) is 0.714. The molecular formula is C14H24N4O. The molecule has 0 spiro atoms. The average molecular weight is 264 g/mol. The molecule has 1 aliphatic carbocycles. The van der Waals surface area contributed by atoms with Crippen molar-refractivity contribution in [2.45, 2.75) is 39.2 Å². The van der Waals surface area contributed by atoms with Crippen molar-refractivity contribution in [3.8, 4) is 0 Å². The van der Waals surface area contributed by atoms with Gasteiger partial charge in [-0.1, -0.05) is 0 Å². The van der Waals surface area contributed by atoms with E-state index in [0.29, 0.717) is 6.54 Å². The van der Waals surface area contributed by atoms with E-state index >= 15 is 0 Å². The van der Waals surface area contributed by atoms with E-state index in [1.165, 1.54) is 12.8 Å². The standard InChI is InChI=1S/C14H24N4O/c1-12-16-7-9-18(12)8-3-2-6-17-14(19)11-15-10-13-4-5-13/h7,9,13,15H,2-6,8,10-11H2,1H3,(H,17,19). The summed E-state index contributed by atoms with van der Waals surface area (Å²) in [4.78, 5) is 15.7. The fourth-order valence-corrected chi connectivity index (χ4v) is 2.05. The summed E-state index contributed by atoms with van der Waals surface area (Å²) in [5, 5.41) is 6.14. The molecule has 0 saturated heterocycles. The predicted molar refractivity (Wildman–Crippen MR) is 74.8 cm³/mol. The summed E-state index contributed by atoms with van der Waals surface area (Å²) in [5.74, 6) is 1.99. The molecule has 5 nitrogen and oxygen atoms in total. The first-order chi connectivity index (χ1) is 9.25. The minimum Gasteiger partial charge on any atom is -0.355 e. The molecule has 2 N–H and O–H groups in total. The summed E-state index contributed by atoms with van der Waals surface area (Å²) in [5.41, 5.74) is 0. The Balaban J connectivity index is 1.44. The lowest BCUT2D eigenvalue weighted by Gasteiger charge is -2.07. The summed E-state index contributed by atoms with van der Waals surface area (Å²) >= 11 is 0. The molecule has 5 heteroatoms. The Bertz CT molecular complexity index is 398. The number of nitrogens with one attached hydrogen (secondary N) is 2. The van der Waals surface area contributed by atoms with Gasteiger partial charge in [-0.05, 0) is 45.1 Å². The monoisotopic (exact) mass is 264 g/mol. The number of unbranched alkanes of at least 4 members (excludes halogenated alkanes) is 1. The number of amides is 1. The number of aromatic nitrogens is 2. The molecule has 0 radical (unpaired) electrons. The number of nitrogens with zero attached hydrogens (tertiary/aromatic N) is 2. The van der Waals surface area contributed by atoms with Crippen LogP contribution in [0.25, 0.3) is 0 Å². The normalized spacial score (nSPS) is 14.6. The molecule has 2 rings (SSSR count). The highest BCUT2D eigenvalue weighted by Crippen LogP contribution is 2.27. The van der Waals surface area contributed by atoms with Gasteiger partial charge in [0.25, 0.3) is 0 Å². The van der Waals surface area contributed by atoms with Gasteiger partial charge in [0.15, 0.2) is 0 Å². The number of imidazole rings is 1. The lowest BCUT2D eigenvalue weighted by Crippen LogP contribution is -2.35. The van der Waals surface area contributed by atoms with Crippen LogP contribution in [0.5, 0.6) is 0 Å². The topological polar surface area (TPSA) is 59.0 Å². The molecular weight excluding hydrogens is 240 g/mol. The van der Waals surface area contributed by atoms with Gasteiger partial charge in [0.05, 0.1) is 6.54 Å². The summed E-state index contributed by atoms with van der Waals surface area (Å²) in [6.07, 6.45) is 8.53. The first kappa shape index (κ1) is 14.1. The highest BCUT2D eigenvalue weighted by molar-refractivity contribution is 5.77. The summed E-state index contributed by atoms with van der Waals surface area (Å²) < 4.78 is 2.14. The van der Waals surface area contributed by atoms with Crippen LogP contribution < -0.4 is 10.6 Å². The molecule has 1 aromatic heterocycles. The van der Waals surface area contributed by atoms with E-state index in [1.807, 2.05) is 19.3 Å². The molecule has 1 saturated carbocycles. The van der Waals surface area contributed by atoms with Gasteiger partial charge in [0, 0.05) is 25.5 Å². The van der Waals surface area contributed by atoms with Gasteiger partial charge >= 0.3 is 0 Å². The van der Waals surface area contributed by atoms with Crippen molar-refractivity contribution in [3.05, 3.63) is 18.2 Å². The van der Waals surface area contributed by atoms with E-state index in [4.69, 9.17) is 0 Å². The average Bonchev–Trinajstić information content (AvgIpc) is 3.12. The molecule has 1 amide bonds. The van der Waals surface area contributed by atoms with Crippen LogP contribution in [0.1, 0.15) is 31.5 Å². The molecule has 1 heterocycles. The number of carbonyl (C=O) groups excluding carboxylic acids is 1. The van der Waals surface area contributed by atoms with E-state index in [9.17, 15) is 4.79 Å². The number of hydrogen-bond acceptors (Lipinski definition) is 3. The van der Waals surface area contributed by atoms with E-state index in [1.54, 1.807) is 0 Å². The van der Waals surface area contributed by atoms with E-state index in [0.717, 1.165) is 44.2 Å². The molecule has 1 fully saturated rings. The number of hydrogen-bond donors (Lipinski definition) is 2. The maximum absolute atomic E-state index is 11.5. The van der Waals surface area contributed by atoms with Crippen molar-refractivity contribution in [3.63, 3.8) is 0 Å². The SMILES string of the molecule is Cc1nccn1CCCCNC(=O)CNCC1CC1. The van der Waals surface area contributed by atoms with Gasteiger partial charge in [0.1, 0.15) is 5.82 Å². The largest absolute Gasteiger partial charge is 0.355 e. The Morgan fingerprint density at radius 1 is 1.47 bits per heavy atom. The third kappa shape index (κ3) is 5.42. The van der Waals surface area contributed by atoms with Crippen molar-refractivity contribution in [2.75, 3.05) is 19.6 Å². The molecule has 0 aromatic carbocycles.